The molecule has 4 aromatic rings. The van der Waals surface area contributed by atoms with Gasteiger partial charge in [-0.05, 0) is 42.0 Å². The highest BCUT2D eigenvalue weighted by atomic mass is 16.6. The van der Waals surface area contributed by atoms with E-state index in [4.69, 9.17) is 4.42 Å². The molecule has 0 amide bonds. The lowest BCUT2D eigenvalue weighted by Crippen LogP contribution is -1.88. The number of oxazole rings is 1. The maximum Gasteiger partial charge on any atom is 0.269 e. The fraction of sp³-hybridized carbons (Fsp3) is 0. The van der Waals surface area contributed by atoms with Gasteiger partial charge in [0.2, 0.25) is 5.89 Å². The largest absolute Gasteiger partial charge is 0.436 e. The summed E-state index contributed by atoms with van der Waals surface area (Å²) >= 11 is 0. The van der Waals surface area contributed by atoms with Gasteiger partial charge in [0.25, 0.3) is 5.69 Å². The molecule has 0 aliphatic rings. The molecule has 0 radical (unpaired) electrons. The zero-order valence-electron chi connectivity index (χ0n) is 14.7. The van der Waals surface area contributed by atoms with Crippen LogP contribution >= 0.6 is 0 Å². The van der Waals surface area contributed by atoms with Crippen molar-refractivity contribution in [3.05, 3.63) is 101 Å². The fourth-order valence-electron chi connectivity index (χ4n) is 2.66. The number of hydrogen-bond donors (Lipinski definition) is 0. The molecule has 136 valence electrons. The molecule has 0 atom stereocenters. The minimum absolute atomic E-state index is 0.0577. The van der Waals surface area contributed by atoms with Gasteiger partial charge in [-0.15, -0.1) is 0 Å². The summed E-state index contributed by atoms with van der Waals surface area (Å²) in [4.78, 5) is 19.0. The van der Waals surface area contributed by atoms with E-state index in [2.05, 4.69) is 9.98 Å². The summed E-state index contributed by atoms with van der Waals surface area (Å²) in [5, 5.41) is 10.7. The molecule has 1 aromatic heterocycles. The third-order valence-corrected chi connectivity index (χ3v) is 4.14. The van der Waals surface area contributed by atoms with Crippen LogP contribution in [0.25, 0.3) is 22.8 Å². The topological polar surface area (TPSA) is 81.5 Å². The Morgan fingerprint density at radius 2 is 1.61 bits per heavy atom. The van der Waals surface area contributed by atoms with Crippen LogP contribution in [-0.2, 0) is 0 Å². The molecule has 3 aromatic carbocycles. The maximum absolute atomic E-state index is 10.7. The van der Waals surface area contributed by atoms with E-state index in [9.17, 15) is 10.1 Å². The minimum atomic E-state index is -0.425. The Morgan fingerprint density at radius 3 is 2.29 bits per heavy atom. The monoisotopic (exact) mass is 369 g/mol. The molecule has 0 bridgehead atoms. The maximum atomic E-state index is 10.7. The average Bonchev–Trinajstić information content (AvgIpc) is 3.24. The third kappa shape index (κ3) is 3.86. The summed E-state index contributed by atoms with van der Waals surface area (Å²) < 4.78 is 5.85. The summed E-state index contributed by atoms with van der Waals surface area (Å²) in [6, 6.07) is 23.6. The molecular formula is C22H15N3O3. The highest BCUT2D eigenvalue weighted by molar-refractivity contribution is 5.82. The second-order valence-electron chi connectivity index (χ2n) is 6.05. The van der Waals surface area contributed by atoms with E-state index in [1.165, 1.54) is 12.1 Å². The average molecular weight is 369 g/mol. The lowest BCUT2D eigenvalue weighted by molar-refractivity contribution is -0.384. The van der Waals surface area contributed by atoms with Crippen molar-refractivity contribution in [2.24, 2.45) is 4.99 Å². The van der Waals surface area contributed by atoms with E-state index < -0.39 is 4.92 Å². The Morgan fingerprint density at radius 1 is 0.893 bits per heavy atom. The van der Waals surface area contributed by atoms with Gasteiger partial charge >= 0.3 is 0 Å². The van der Waals surface area contributed by atoms with Crippen LogP contribution in [0.4, 0.5) is 11.4 Å². The highest BCUT2D eigenvalue weighted by Gasteiger charge is 2.08. The normalized spacial score (nSPS) is 11.0. The zero-order chi connectivity index (χ0) is 19.3. The molecule has 0 saturated carbocycles. The summed E-state index contributed by atoms with van der Waals surface area (Å²) in [5.41, 5.74) is 3.44. The molecule has 0 unspecified atom stereocenters. The van der Waals surface area contributed by atoms with E-state index in [-0.39, 0.29) is 5.69 Å². The number of non-ortho nitro benzene ring substituents is 1. The molecular weight excluding hydrogens is 354 g/mol. The first-order chi connectivity index (χ1) is 13.7. The van der Waals surface area contributed by atoms with Gasteiger partial charge in [-0.25, -0.2) is 4.98 Å². The Bertz CT molecular complexity index is 1120. The van der Waals surface area contributed by atoms with Crippen LogP contribution in [0.2, 0.25) is 0 Å². The van der Waals surface area contributed by atoms with E-state index in [0.29, 0.717) is 5.89 Å². The number of nitro groups is 1. The van der Waals surface area contributed by atoms with Crippen molar-refractivity contribution in [1.29, 1.82) is 0 Å². The summed E-state index contributed by atoms with van der Waals surface area (Å²) in [5.74, 6) is 1.26. The summed E-state index contributed by atoms with van der Waals surface area (Å²) in [6.07, 6.45) is 3.38. The number of hydrogen-bond acceptors (Lipinski definition) is 5. The van der Waals surface area contributed by atoms with Gasteiger partial charge in [-0.2, -0.15) is 0 Å². The van der Waals surface area contributed by atoms with Gasteiger partial charge in [0.05, 0.1) is 16.8 Å². The second-order valence-corrected chi connectivity index (χ2v) is 6.05. The molecule has 0 N–H and O–H groups in total. The molecule has 0 fully saturated rings. The first-order valence-corrected chi connectivity index (χ1v) is 8.59. The number of nitrogens with zero attached hydrogens (tertiary/aromatic N) is 3. The van der Waals surface area contributed by atoms with Gasteiger partial charge in [0.15, 0.2) is 5.76 Å². The van der Waals surface area contributed by atoms with Gasteiger partial charge < -0.3 is 4.42 Å². The fourth-order valence-corrected chi connectivity index (χ4v) is 2.66. The van der Waals surface area contributed by atoms with Crippen molar-refractivity contribution < 1.29 is 9.34 Å². The Balaban J connectivity index is 1.48. The van der Waals surface area contributed by atoms with E-state index >= 15 is 0 Å². The molecule has 28 heavy (non-hydrogen) atoms. The molecule has 1 heterocycles. The SMILES string of the molecule is O=[N+]([O-])c1ccc(C=Nc2ccc(-c3ncc(-c4ccccc4)o3)cc2)cc1. The molecule has 4 rings (SSSR count). The molecule has 0 aliphatic carbocycles. The first kappa shape index (κ1) is 17.4. The van der Waals surface area contributed by atoms with Crippen molar-refractivity contribution >= 4 is 17.6 Å². The third-order valence-electron chi connectivity index (χ3n) is 4.14. The Hall–Kier alpha value is -4.06. The van der Waals surface area contributed by atoms with Crippen LogP contribution in [0.5, 0.6) is 0 Å². The van der Waals surface area contributed by atoms with Crippen molar-refractivity contribution in [1.82, 2.24) is 4.98 Å². The molecule has 6 nitrogen and oxygen atoms in total. The van der Waals surface area contributed by atoms with Crippen LogP contribution in [0.1, 0.15) is 5.56 Å². The van der Waals surface area contributed by atoms with Crippen LogP contribution in [-0.4, -0.2) is 16.1 Å². The number of aliphatic imine (C=N–C) groups is 1. The predicted octanol–water partition coefficient (Wildman–Crippen LogP) is 5.67. The van der Waals surface area contributed by atoms with Crippen LogP contribution in [0.3, 0.4) is 0 Å². The number of aromatic nitrogens is 1. The lowest BCUT2D eigenvalue weighted by atomic mass is 10.2. The minimum Gasteiger partial charge on any atom is -0.436 e. The first-order valence-electron chi connectivity index (χ1n) is 8.59. The quantitative estimate of drug-likeness (QED) is 0.258. The van der Waals surface area contributed by atoms with Gasteiger partial charge in [-0.1, -0.05) is 30.3 Å². The predicted molar refractivity (Wildman–Crippen MR) is 108 cm³/mol. The van der Waals surface area contributed by atoms with Gasteiger partial charge in [0.1, 0.15) is 0 Å². The van der Waals surface area contributed by atoms with Crippen molar-refractivity contribution in [2.75, 3.05) is 0 Å². The van der Waals surface area contributed by atoms with Gasteiger partial charge in [0, 0.05) is 29.5 Å². The second kappa shape index (κ2) is 7.67. The summed E-state index contributed by atoms with van der Waals surface area (Å²) in [6.45, 7) is 0. The summed E-state index contributed by atoms with van der Waals surface area (Å²) in [7, 11) is 0. The Labute approximate surface area is 161 Å². The van der Waals surface area contributed by atoms with Crippen molar-refractivity contribution in [3.8, 4) is 22.8 Å². The van der Waals surface area contributed by atoms with E-state index in [0.717, 1.165) is 28.1 Å². The molecule has 0 spiro atoms. The Kier molecular flexibility index (Phi) is 4.76. The molecule has 0 aliphatic heterocycles. The number of benzene rings is 3. The smallest absolute Gasteiger partial charge is 0.269 e. The van der Waals surface area contributed by atoms with Crippen LogP contribution in [0.15, 0.2) is 94.5 Å². The molecule has 0 saturated heterocycles. The molecule has 6 heteroatoms. The van der Waals surface area contributed by atoms with E-state index in [1.54, 1.807) is 24.5 Å². The number of rotatable bonds is 5. The zero-order valence-corrected chi connectivity index (χ0v) is 14.7. The highest BCUT2D eigenvalue weighted by Crippen LogP contribution is 2.27. The van der Waals surface area contributed by atoms with Crippen molar-refractivity contribution in [3.63, 3.8) is 0 Å². The standard InChI is InChI=1S/C22H15N3O3/c26-25(27)20-12-6-16(7-13-20)14-23-19-10-8-18(9-11-19)22-24-15-21(28-22)17-4-2-1-3-5-17/h1-15H. The van der Waals surface area contributed by atoms with E-state index in [1.807, 2.05) is 54.6 Å². The van der Waals surface area contributed by atoms with Crippen LogP contribution in [0, 0.1) is 10.1 Å². The van der Waals surface area contributed by atoms with Crippen LogP contribution < -0.4 is 0 Å². The number of nitro benzene ring substituents is 1. The lowest BCUT2D eigenvalue weighted by Gasteiger charge is -1.98. The van der Waals surface area contributed by atoms with Crippen molar-refractivity contribution in [2.45, 2.75) is 0 Å². The van der Waals surface area contributed by atoms with Gasteiger partial charge in [-0.3, -0.25) is 15.1 Å².